The second-order valence-corrected chi connectivity index (χ2v) is 6.88. The fourth-order valence-corrected chi connectivity index (χ4v) is 3.22. The van der Waals surface area contributed by atoms with Gasteiger partial charge >= 0.3 is 0 Å². The van der Waals surface area contributed by atoms with Crippen molar-refractivity contribution in [1.29, 1.82) is 0 Å². The molecule has 0 aliphatic heterocycles. The summed E-state index contributed by atoms with van der Waals surface area (Å²) in [6, 6.07) is 8.88. The van der Waals surface area contributed by atoms with Gasteiger partial charge in [-0.25, -0.2) is 5.43 Å². The molecule has 4 nitrogen and oxygen atoms in total. The first kappa shape index (κ1) is 18.8. The van der Waals surface area contributed by atoms with Crippen molar-refractivity contribution >= 4 is 51.3 Å². The average molecular weight is 430 g/mol. The predicted molar refractivity (Wildman–Crippen MR) is 101 cm³/mol. The summed E-state index contributed by atoms with van der Waals surface area (Å²) in [6.07, 6.45) is 1.45. The minimum Gasteiger partial charge on any atom is -0.483 e. The number of ether oxygens (including phenoxy) is 1. The van der Waals surface area contributed by atoms with Crippen molar-refractivity contribution in [2.75, 3.05) is 6.61 Å². The minimum absolute atomic E-state index is 0.130. The number of carbonyl (C=O) groups excluding carboxylic acids is 1. The number of amides is 1. The highest BCUT2D eigenvalue weighted by Gasteiger charge is 2.08. The number of hydrogen-bond acceptors (Lipinski definition) is 3. The molecule has 0 fully saturated rings. The Labute approximate surface area is 158 Å². The zero-order valence-electron chi connectivity index (χ0n) is 13.1. The van der Waals surface area contributed by atoms with E-state index in [1.807, 2.05) is 26.0 Å². The Morgan fingerprint density at radius 3 is 2.54 bits per heavy atom. The highest BCUT2D eigenvalue weighted by molar-refractivity contribution is 9.10. The third kappa shape index (κ3) is 5.23. The SMILES string of the molecule is Cc1cc(Br)cc(C)c1OCC(=O)NN=Cc1ccc(Cl)cc1Cl. The fraction of sp³-hybridized carbons (Fsp3) is 0.176. The number of nitrogens with zero attached hydrogens (tertiary/aromatic N) is 1. The quantitative estimate of drug-likeness (QED) is 0.542. The van der Waals surface area contributed by atoms with Gasteiger partial charge in [-0.15, -0.1) is 0 Å². The maximum absolute atomic E-state index is 11.8. The largest absolute Gasteiger partial charge is 0.483 e. The summed E-state index contributed by atoms with van der Waals surface area (Å²) in [4.78, 5) is 11.8. The third-order valence-corrected chi connectivity index (χ3v) is 4.15. The van der Waals surface area contributed by atoms with Crippen LogP contribution in [0.25, 0.3) is 0 Å². The lowest BCUT2D eigenvalue weighted by Crippen LogP contribution is -2.25. The molecule has 1 N–H and O–H groups in total. The average Bonchev–Trinajstić information content (AvgIpc) is 2.48. The molecule has 0 aliphatic carbocycles. The maximum Gasteiger partial charge on any atom is 0.277 e. The van der Waals surface area contributed by atoms with Gasteiger partial charge in [0, 0.05) is 15.1 Å². The molecule has 2 aromatic rings. The second kappa shape index (κ2) is 8.51. The Bertz CT molecular complexity index is 771. The van der Waals surface area contributed by atoms with Crippen LogP contribution in [0.4, 0.5) is 0 Å². The van der Waals surface area contributed by atoms with Gasteiger partial charge in [-0.2, -0.15) is 5.10 Å². The van der Waals surface area contributed by atoms with E-state index in [1.165, 1.54) is 6.21 Å². The molecule has 0 spiro atoms. The van der Waals surface area contributed by atoms with Gasteiger partial charge in [0.25, 0.3) is 5.91 Å². The van der Waals surface area contributed by atoms with Crippen molar-refractivity contribution in [3.8, 4) is 5.75 Å². The first-order valence-electron chi connectivity index (χ1n) is 7.03. The van der Waals surface area contributed by atoms with E-state index in [4.69, 9.17) is 27.9 Å². The van der Waals surface area contributed by atoms with Crippen LogP contribution in [0.5, 0.6) is 5.75 Å². The van der Waals surface area contributed by atoms with Crippen LogP contribution in [0.2, 0.25) is 10.0 Å². The zero-order valence-corrected chi connectivity index (χ0v) is 16.2. The van der Waals surface area contributed by atoms with Crippen molar-refractivity contribution < 1.29 is 9.53 Å². The van der Waals surface area contributed by atoms with E-state index < -0.39 is 0 Å². The molecule has 0 radical (unpaired) electrons. The van der Waals surface area contributed by atoms with Crippen molar-refractivity contribution in [2.45, 2.75) is 13.8 Å². The maximum atomic E-state index is 11.8. The van der Waals surface area contributed by atoms with Crippen LogP contribution in [0.3, 0.4) is 0 Å². The third-order valence-electron chi connectivity index (χ3n) is 3.13. The molecule has 0 aliphatic rings. The van der Waals surface area contributed by atoms with E-state index in [0.717, 1.165) is 15.6 Å². The number of hydrogen-bond donors (Lipinski definition) is 1. The molecule has 0 saturated carbocycles. The van der Waals surface area contributed by atoms with Crippen LogP contribution in [0.15, 0.2) is 39.9 Å². The van der Waals surface area contributed by atoms with Gasteiger partial charge in [0.1, 0.15) is 5.75 Å². The van der Waals surface area contributed by atoms with E-state index in [-0.39, 0.29) is 12.5 Å². The molecule has 126 valence electrons. The molecule has 0 bridgehead atoms. The van der Waals surface area contributed by atoms with Gasteiger partial charge in [0.15, 0.2) is 6.61 Å². The molecule has 0 atom stereocenters. The van der Waals surface area contributed by atoms with Crippen LogP contribution in [0, 0.1) is 13.8 Å². The molecular formula is C17H15BrCl2N2O2. The zero-order chi connectivity index (χ0) is 17.7. The number of carbonyl (C=O) groups is 1. The monoisotopic (exact) mass is 428 g/mol. The van der Waals surface area contributed by atoms with E-state index in [2.05, 4.69) is 26.5 Å². The van der Waals surface area contributed by atoms with E-state index in [9.17, 15) is 4.79 Å². The van der Waals surface area contributed by atoms with Gasteiger partial charge in [-0.05, 0) is 49.2 Å². The smallest absolute Gasteiger partial charge is 0.277 e. The molecule has 0 saturated heterocycles. The molecule has 7 heteroatoms. The standard InChI is InChI=1S/C17H15BrCl2N2O2/c1-10-5-13(18)6-11(2)17(10)24-9-16(23)22-21-8-12-3-4-14(19)7-15(12)20/h3-8H,9H2,1-2H3,(H,22,23). The molecule has 24 heavy (non-hydrogen) atoms. The fourth-order valence-electron chi connectivity index (χ4n) is 2.08. The normalized spacial score (nSPS) is 10.9. The minimum atomic E-state index is -0.363. The lowest BCUT2D eigenvalue weighted by Gasteiger charge is -2.11. The molecule has 2 rings (SSSR count). The Hall–Kier alpha value is -1.56. The lowest BCUT2D eigenvalue weighted by atomic mass is 10.1. The van der Waals surface area contributed by atoms with Gasteiger partial charge < -0.3 is 4.74 Å². The van der Waals surface area contributed by atoms with Crippen LogP contribution >= 0.6 is 39.1 Å². The van der Waals surface area contributed by atoms with Crippen LogP contribution in [-0.4, -0.2) is 18.7 Å². The number of hydrazone groups is 1. The topological polar surface area (TPSA) is 50.7 Å². The number of benzene rings is 2. The molecule has 0 heterocycles. The molecule has 0 aromatic heterocycles. The van der Waals surface area contributed by atoms with E-state index >= 15 is 0 Å². The Kier molecular flexibility index (Phi) is 6.66. The second-order valence-electron chi connectivity index (χ2n) is 5.12. The number of halogens is 3. The van der Waals surface area contributed by atoms with Crippen molar-refractivity contribution in [3.05, 3.63) is 61.5 Å². The molecule has 0 unspecified atom stereocenters. The predicted octanol–water partition coefficient (Wildman–Crippen LogP) is 4.90. The first-order valence-corrected chi connectivity index (χ1v) is 8.58. The van der Waals surface area contributed by atoms with Gasteiger partial charge in [-0.3, -0.25) is 4.79 Å². The van der Waals surface area contributed by atoms with Crippen LogP contribution in [-0.2, 0) is 4.79 Å². The van der Waals surface area contributed by atoms with Crippen LogP contribution in [0.1, 0.15) is 16.7 Å². The van der Waals surface area contributed by atoms with Crippen molar-refractivity contribution in [2.24, 2.45) is 5.10 Å². The van der Waals surface area contributed by atoms with Crippen molar-refractivity contribution in [3.63, 3.8) is 0 Å². The Morgan fingerprint density at radius 1 is 1.25 bits per heavy atom. The number of nitrogens with one attached hydrogen (secondary N) is 1. The molecular weight excluding hydrogens is 415 g/mol. The summed E-state index contributed by atoms with van der Waals surface area (Å²) in [5, 5.41) is 4.86. The van der Waals surface area contributed by atoms with Gasteiger partial charge in [-0.1, -0.05) is 45.2 Å². The summed E-state index contributed by atoms with van der Waals surface area (Å²) < 4.78 is 6.55. The first-order chi connectivity index (χ1) is 11.4. The summed E-state index contributed by atoms with van der Waals surface area (Å²) in [5.41, 5.74) is 4.95. The van der Waals surface area contributed by atoms with Crippen LogP contribution < -0.4 is 10.2 Å². The number of rotatable bonds is 5. The summed E-state index contributed by atoms with van der Waals surface area (Å²) in [6.45, 7) is 3.71. The lowest BCUT2D eigenvalue weighted by molar-refractivity contribution is -0.123. The highest BCUT2D eigenvalue weighted by Crippen LogP contribution is 2.27. The summed E-state index contributed by atoms with van der Waals surface area (Å²) in [7, 11) is 0. The molecule has 2 aromatic carbocycles. The number of aryl methyl sites for hydroxylation is 2. The summed E-state index contributed by atoms with van der Waals surface area (Å²) in [5.74, 6) is 0.330. The summed E-state index contributed by atoms with van der Waals surface area (Å²) >= 11 is 15.3. The highest BCUT2D eigenvalue weighted by atomic mass is 79.9. The van der Waals surface area contributed by atoms with E-state index in [0.29, 0.717) is 21.4 Å². The Balaban J connectivity index is 1.91. The van der Waals surface area contributed by atoms with Gasteiger partial charge in [0.2, 0.25) is 0 Å². The van der Waals surface area contributed by atoms with Gasteiger partial charge in [0.05, 0.1) is 11.2 Å². The van der Waals surface area contributed by atoms with Crippen molar-refractivity contribution in [1.82, 2.24) is 5.43 Å². The Morgan fingerprint density at radius 2 is 1.92 bits per heavy atom. The molecule has 1 amide bonds. The van der Waals surface area contributed by atoms with E-state index in [1.54, 1.807) is 18.2 Å².